The van der Waals surface area contributed by atoms with Gasteiger partial charge in [0, 0.05) is 123 Å². The van der Waals surface area contributed by atoms with Crippen LogP contribution in [0.1, 0.15) is 96.4 Å². The Bertz CT molecular complexity index is 8770. The monoisotopic (exact) mass is 1910 g/mol. The Balaban J connectivity index is 0.616. The molecule has 24 heteroatoms. The van der Waals surface area contributed by atoms with Crippen LogP contribution in [0.4, 0.5) is 0 Å². The maximum Gasteiger partial charge on any atom is 0.346 e. The van der Waals surface area contributed by atoms with Crippen LogP contribution in [0.3, 0.4) is 0 Å². The Morgan fingerprint density at radius 1 is 0.336 bits per heavy atom. The predicted molar refractivity (Wildman–Crippen MR) is 573 cm³/mol. The van der Waals surface area contributed by atoms with Crippen LogP contribution in [0.25, 0.3) is 207 Å². The number of aromatic nitrogens is 8. The molecule has 0 saturated carbocycles. The molecule has 12 aromatic carbocycles. The van der Waals surface area contributed by atoms with E-state index in [2.05, 4.69) is 136 Å². The zero-order chi connectivity index (χ0) is 99.8. The zero-order valence-electron chi connectivity index (χ0n) is 78.8. The summed E-state index contributed by atoms with van der Waals surface area (Å²) in [6.45, 7) is 10.5. The highest BCUT2D eigenvalue weighted by atomic mass is 16.5. The molecule has 710 valence electrons. The summed E-state index contributed by atoms with van der Waals surface area (Å²) in [5.41, 5.74) is 21.9. The van der Waals surface area contributed by atoms with Crippen molar-refractivity contribution in [2.45, 2.75) is 77.9 Å². The van der Waals surface area contributed by atoms with E-state index in [0.717, 1.165) is 235 Å². The van der Waals surface area contributed by atoms with E-state index in [9.17, 15) is 50.3 Å². The lowest BCUT2D eigenvalue weighted by Gasteiger charge is -2.12. The van der Waals surface area contributed by atoms with E-state index in [0.29, 0.717) is 64.2 Å². The Labute approximate surface area is 836 Å². The molecular formula is C122H90N12O12. The molecule has 8 bridgehead atoms. The summed E-state index contributed by atoms with van der Waals surface area (Å²) in [5.74, 6) is -1.32. The predicted octanol–water partition coefficient (Wildman–Crippen LogP) is 27.5. The minimum absolute atomic E-state index is 0.0805. The quantitative estimate of drug-likeness (QED) is 0.00615. The molecule has 0 radical (unpaired) electrons. The molecule has 0 amide bonds. The third kappa shape index (κ3) is 18.8. The molecule has 0 fully saturated rings. The standard InChI is InChI=1S/C122H90N12O12/c1-126-107(122(140)141)69-79-29-55-113-96(68-79)92-19-7-11-23-109(92)132(113)59-15-3-5-17-61-143-87-40-32-81(33-41-87)117-100-47-46-99(127-100)116(80-30-38-86(39-31-80)142-60-16-4-2-14-58-131-108-22-10-6-18-91(108)95-67-78(28-54-112(95)131)64-90(72-125)146-75-135)101-48-50-103(128-101)118(82-34-42-88(43-35-82)144-73-133-110-24-12-8-20-93(110)97-65-76(26-56-114(97)133)62-84(70-123)120(136)137)105-52-53-106(130-105)119(104-51-49-102(117)129-104)83-36-44-89(45-37-83)145-74-134-111-25-13-9-21-94(111)98-66-77(27-57-115(98)134)63-85(71-124)121(138)139/h6-13,18-57,62-69,75,127,130H,2-5,14-17,58-61,73-74H2,(H,136,137)(H,138,139)(H,140,141)/b84-62+,85-63-,90-64-,107-69+,116-99?,116-101?,117-100?,117-102?,118-103?,118-105?,119-104?,119-106?. The number of aryl methyl sites for hydroxylation is 2. The molecule has 7 aromatic heterocycles. The van der Waals surface area contributed by atoms with Crippen molar-refractivity contribution in [1.29, 1.82) is 15.8 Å². The number of para-hydroxylation sites is 4. The topological polar surface area (TPSA) is 328 Å². The summed E-state index contributed by atoms with van der Waals surface area (Å²) in [4.78, 5) is 69.2. The van der Waals surface area contributed by atoms with Gasteiger partial charge >= 0.3 is 17.9 Å². The van der Waals surface area contributed by atoms with Crippen molar-refractivity contribution in [3.05, 3.63) is 370 Å². The van der Waals surface area contributed by atoms with E-state index in [-0.39, 0.29) is 42.5 Å². The number of rotatable bonds is 35. The largest absolute Gasteiger partial charge is 0.494 e. The first-order valence-corrected chi connectivity index (χ1v) is 48.0. The van der Waals surface area contributed by atoms with Gasteiger partial charge in [0.1, 0.15) is 52.4 Å². The zero-order valence-corrected chi connectivity index (χ0v) is 78.8. The van der Waals surface area contributed by atoms with Gasteiger partial charge in [-0.3, -0.25) is 9.59 Å². The smallest absolute Gasteiger partial charge is 0.346 e. The summed E-state index contributed by atoms with van der Waals surface area (Å²) in [7, 11) is 0. The number of unbranched alkanes of at least 4 members (excludes halogenated alkanes) is 6. The highest BCUT2D eigenvalue weighted by Gasteiger charge is 2.25. The van der Waals surface area contributed by atoms with Crippen LogP contribution in [0.5, 0.6) is 23.0 Å². The van der Waals surface area contributed by atoms with Crippen molar-refractivity contribution in [3.63, 3.8) is 0 Å². The molecule has 0 spiro atoms. The first-order valence-electron chi connectivity index (χ1n) is 48.0. The minimum atomic E-state index is -1.30. The van der Waals surface area contributed by atoms with Gasteiger partial charge in [0.05, 0.1) is 64.6 Å². The second kappa shape index (κ2) is 41.1. The van der Waals surface area contributed by atoms with E-state index < -0.39 is 17.9 Å². The maximum atomic E-state index is 11.9. The van der Waals surface area contributed by atoms with Crippen LogP contribution in [-0.2, 0) is 50.5 Å². The molecule has 19 aromatic rings. The minimum Gasteiger partial charge on any atom is -0.494 e. The van der Waals surface area contributed by atoms with Gasteiger partial charge in [0.25, 0.3) is 12.2 Å². The molecule has 146 heavy (non-hydrogen) atoms. The molecule has 0 aliphatic carbocycles. The van der Waals surface area contributed by atoms with Crippen LogP contribution in [0, 0.1) is 40.6 Å². The molecule has 2 aliphatic heterocycles. The van der Waals surface area contributed by atoms with Gasteiger partial charge in [-0.15, -0.1) is 0 Å². The van der Waals surface area contributed by atoms with E-state index >= 15 is 0 Å². The Morgan fingerprint density at radius 2 is 0.637 bits per heavy atom. The van der Waals surface area contributed by atoms with E-state index in [1.165, 1.54) is 18.2 Å². The Hall–Kier alpha value is -19.6. The SMILES string of the molecule is [C-]#[N+]/C(=C/c1ccc2c(c1)c1ccccc1n2CCCCCCOc1ccc(-c2c3nc(c(-c4ccc(OCn5c6ccccc6c6cc(/C=C(/C#N)C(=O)O)ccc65)cc4)c4ccc([nH]4)c(-c4ccc(OCn5c6ccccc6c6cc(/C=C(\C#N)C(=O)O)ccc65)cc4)c4nc(c(-c5ccc(OCCCCCCn6c7ccccc7c7cc(/C=C(/C#N)OC=O)ccc76)cc5)c5ccc2[nH]5)C=C4)C=C3)cc1)C(=O)O. The number of carboxylic acid groups (broad SMARTS) is 3. The van der Waals surface area contributed by atoms with E-state index in [4.69, 9.17) is 40.2 Å². The fourth-order valence-corrected chi connectivity index (χ4v) is 20.0. The second-order valence-corrected chi connectivity index (χ2v) is 35.7. The van der Waals surface area contributed by atoms with Crippen molar-refractivity contribution < 1.29 is 58.2 Å². The number of hydrogen-bond donors (Lipinski definition) is 5. The number of carbonyl (C=O) groups is 4. The van der Waals surface area contributed by atoms with Gasteiger partial charge in [-0.25, -0.2) is 24.4 Å². The number of carboxylic acids is 3. The number of nitrogens with zero attached hydrogens (tertiary/aromatic N) is 10. The highest BCUT2D eigenvalue weighted by molar-refractivity contribution is 6.13. The number of H-pyrrole nitrogens is 2. The molecule has 0 saturated heterocycles. The summed E-state index contributed by atoms with van der Waals surface area (Å²) in [5, 5.41) is 65.7. The van der Waals surface area contributed by atoms with Gasteiger partial charge in [-0.05, 0) is 264 Å². The number of carbonyl (C=O) groups excluding carboxylic acids is 1. The van der Waals surface area contributed by atoms with Gasteiger partial charge in [-0.1, -0.05) is 171 Å². The molecular weight excluding hydrogens is 1830 g/mol. The van der Waals surface area contributed by atoms with E-state index in [1.54, 1.807) is 30.3 Å². The first-order chi connectivity index (χ1) is 71.6. The summed E-state index contributed by atoms with van der Waals surface area (Å²) in [6, 6.07) is 102. The number of ether oxygens (including phenoxy) is 5. The van der Waals surface area contributed by atoms with Crippen LogP contribution in [0.15, 0.2) is 314 Å². The van der Waals surface area contributed by atoms with Crippen LogP contribution < -0.4 is 18.9 Å². The molecule has 21 rings (SSSR count). The van der Waals surface area contributed by atoms with Crippen LogP contribution >= 0.6 is 0 Å². The summed E-state index contributed by atoms with van der Waals surface area (Å²) >= 11 is 0. The summed E-state index contributed by atoms with van der Waals surface area (Å²) < 4.78 is 40.3. The fraction of sp³-hybridized carbons (Fsp3) is 0.115. The average Bonchev–Trinajstić information content (AvgIpc) is 1.62. The van der Waals surface area contributed by atoms with Crippen molar-refractivity contribution in [3.8, 4) is 85.7 Å². The molecule has 5 N–H and O–H groups in total. The molecule has 0 unspecified atom stereocenters. The van der Waals surface area contributed by atoms with Gasteiger partial charge in [-0.2, -0.15) is 15.8 Å². The number of nitriles is 3. The molecule has 24 nitrogen and oxygen atoms in total. The Morgan fingerprint density at radius 3 is 0.952 bits per heavy atom. The van der Waals surface area contributed by atoms with Gasteiger partial charge in [0.15, 0.2) is 13.5 Å². The second-order valence-electron chi connectivity index (χ2n) is 35.7. The van der Waals surface area contributed by atoms with Crippen LogP contribution in [-0.4, -0.2) is 91.1 Å². The first kappa shape index (κ1) is 92.8. The molecule has 9 heterocycles. The van der Waals surface area contributed by atoms with Crippen molar-refractivity contribution in [2.75, 3.05) is 13.2 Å². The van der Waals surface area contributed by atoms with Crippen molar-refractivity contribution in [1.82, 2.24) is 38.2 Å². The van der Waals surface area contributed by atoms with Crippen LogP contribution in [0.2, 0.25) is 0 Å². The number of allylic oxidation sites excluding steroid dienone is 1. The van der Waals surface area contributed by atoms with Crippen molar-refractivity contribution >= 4 is 182 Å². The molecule has 2 aliphatic rings. The third-order valence-corrected chi connectivity index (χ3v) is 26.9. The normalized spacial score (nSPS) is 12.2. The molecule has 0 atom stereocenters. The number of aromatic amines is 2. The van der Waals surface area contributed by atoms with Crippen molar-refractivity contribution in [2.24, 2.45) is 0 Å². The Kier molecular flexibility index (Phi) is 26.1. The number of hydrogen-bond acceptors (Lipinski definition) is 14. The lowest BCUT2D eigenvalue weighted by atomic mass is 10.0. The van der Waals surface area contributed by atoms with E-state index in [1.807, 2.05) is 206 Å². The number of aliphatic carboxylic acids is 3. The maximum absolute atomic E-state index is 11.9. The number of fused-ring (bicyclic) bond motifs is 20. The highest BCUT2D eigenvalue weighted by Crippen LogP contribution is 2.44. The van der Waals surface area contributed by atoms with Gasteiger partial charge in [0.2, 0.25) is 5.76 Å². The number of benzene rings is 12. The average molecular weight is 1920 g/mol. The fourth-order valence-electron chi connectivity index (χ4n) is 20.0. The lowest BCUT2D eigenvalue weighted by molar-refractivity contribution is -0.133. The lowest BCUT2D eigenvalue weighted by Crippen LogP contribution is -2.04. The summed E-state index contributed by atoms with van der Waals surface area (Å²) in [6.07, 6.45) is 21.4. The van der Waals surface area contributed by atoms with Gasteiger partial charge < -0.3 is 67.2 Å². The third-order valence-electron chi connectivity index (χ3n) is 26.9. The number of nitrogens with one attached hydrogen (secondary N) is 2.